The van der Waals surface area contributed by atoms with Gasteiger partial charge in [0.25, 0.3) is 0 Å². The smallest absolute Gasteiger partial charge is 0.320 e. The Morgan fingerprint density at radius 3 is 2.70 bits per heavy atom. The monoisotopic (exact) mass is 343 g/mol. The zero-order chi connectivity index (χ0) is 15.1. The van der Waals surface area contributed by atoms with Crippen LogP contribution in [0.5, 0.6) is 5.75 Å². The summed E-state index contributed by atoms with van der Waals surface area (Å²) in [6, 6.07) is 5.22. The summed E-state index contributed by atoms with van der Waals surface area (Å²) in [7, 11) is 0. The van der Waals surface area contributed by atoms with Gasteiger partial charge in [0.2, 0.25) is 0 Å². The molecule has 4 nitrogen and oxygen atoms in total. The van der Waals surface area contributed by atoms with E-state index in [0.717, 1.165) is 15.8 Å². The second-order valence-electron chi connectivity index (χ2n) is 5.09. The van der Waals surface area contributed by atoms with E-state index in [1.807, 2.05) is 39.0 Å². The fourth-order valence-electron chi connectivity index (χ4n) is 1.96. The van der Waals surface area contributed by atoms with Crippen LogP contribution in [0.2, 0.25) is 0 Å². The maximum Gasteiger partial charge on any atom is 0.320 e. The quantitative estimate of drug-likeness (QED) is 0.759. The Bertz CT molecular complexity index is 449. The SMILES string of the molecule is CCOc1ccc(Br)cc1CNC(CC(C)C)C(=O)O. The summed E-state index contributed by atoms with van der Waals surface area (Å²) >= 11 is 3.42. The average molecular weight is 344 g/mol. The molecule has 0 aliphatic heterocycles. The molecule has 1 rings (SSSR count). The van der Waals surface area contributed by atoms with Gasteiger partial charge in [0, 0.05) is 16.6 Å². The number of carboxylic acid groups (broad SMARTS) is 1. The number of hydrogen-bond donors (Lipinski definition) is 2. The number of aliphatic carboxylic acids is 1. The highest BCUT2D eigenvalue weighted by Crippen LogP contribution is 2.23. The second-order valence-corrected chi connectivity index (χ2v) is 6.00. The lowest BCUT2D eigenvalue weighted by atomic mass is 10.0. The van der Waals surface area contributed by atoms with Crippen LogP contribution in [0.15, 0.2) is 22.7 Å². The first-order valence-corrected chi connectivity index (χ1v) is 7.60. The van der Waals surface area contributed by atoms with Crippen LogP contribution in [-0.2, 0) is 11.3 Å². The van der Waals surface area contributed by atoms with E-state index in [1.54, 1.807) is 0 Å². The first-order valence-electron chi connectivity index (χ1n) is 6.81. The molecule has 20 heavy (non-hydrogen) atoms. The Morgan fingerprint density at radius 1 is 1.45 bits per heavy atom. The zero-order valence-electron chi connectivity index (χ0n) is 12.1. The van der Waals surface area contributed by atoms with E-state index < -0.39 is 12.0 Å². The Kier molecular flexibility index (Phi) is 7.02. The average Bonchev–Trinajstić information content (AvgIpc) is 2.36. The predicted octanol–water partition coefficient (Wildman–Crippen LogP) is 3.44. The first kappa shape index (κ1) is 17.0. The number of carbonyl (C=O) groups is 1. The molecule has 0 saturated carbocycles. The number of nitrogens with one attached hydrogen (secondary N) is 1. The summed E-state index contributed by atoms with van der Waals surface area (Å²) in [6.45, 7) is 7.02. The van der Waals surface area contributed by atoms with E-state index >= 15 is 0 Å². The number of benzene rings is 1. The summed E-state index contributed by atoms with van der Waals surface area (Å²) in [6.07, 6.45) is 0.604. The normalized spacial score (nSPS) is 12.4. The van der Waals surface area contributed by atoms with Crippen LogP contribution in [0, 0.1) is 5.92 Å². The fraction of sp³-hybridized carbons (Fsp3) is 0.533. The Labute approximate surface area is 128 Å². The molecule has 5 heteroatoms. The van der Waals surface area contributed by atoms with Gasteiger partial charge in [0.15, 0.2) is 0 Å². The molecule has 0 saturated heterocycles. The van der Waals surface area contributed by atoms with Crippen molar-refractivity contribution in [1.29, 1.82) is 0 Å². The molecular formula is C15H22BrNO3. The molecule has 0 aromatic heterocycles. The van der Waals surface area contributed by atoms with Crippen molar-refractivity contribution in [3.63, 3.8) is 0 Å². The number of rotatable bonds is 8. The minimum absolute atomic E-state index is 0.331. The zero-order valence-corrected chi connectivity index (χ0v) is 13.7. The molecule has 0 aliphatic carbocycles. The lowest BCUT2D eigenvalue weighted by molar-refractivity contribution is -0.140. The van der Waals surface area contributed by atoms with Crippen molar-refractivity contribution >= 4 is 21.9 Å². The maximum atomic E-state index is 11.2. The summed E-state index contributed by atoms with van der Waals surface area (Å²) in [4.78, 5) is 11.2. The van der Waals surface area contributed by atoms with Crippen LogP contribution >= 0.6 is 15.9 Å². The van der Waals surface area contributed by atoms with Crippen LogP contribution in [0.25, 0.3) is 0 Å². The summed E-state index contributed by atoms with van der Waals surface area (Å²) in [5.41, 5.74) is 0.955. The van der Waals surface area contributed by atoms with Crippen molar-refractivity contribution in [2.45, 2.75) is 39.8 Å². The molecule has 112 valence electrons. The molecule has 0 spiro atoms. The third-order valence-electron chi connectivity index (χ3n) is 2.87. The van der Waals surface area contributed by atoms with Gasteiger partial charge >= 0.3 is 5.97 Å². The number of hydrogen-bond acceptors (Lipinski definition) is 3. The Hall–Kier alpha value is -1.07. The van der Waals surface area contributed by atoms with E-state index in [4.69, 9.17) is 4.74 Å². The van der Waals surface area contributed by atoms with Gasteiger partial charge in [-0.2, -0.15) is 0 Å². The topological polar surface area (TPSA) is 58.6 Å². The number of halogens is 1. The van der Waals surface area contributed by atoms with E-state index in [1.165, 1.54) is 0 Å². The molecule has 0 bridgehead atoms. The minimum Gasteiger partial charge on any atom is -0.494 e. The Morgan fingerprint density at radius 2 is 2.15 bits per heavy atom. The third kappa shape index (κ3) is 5.51. The summed E-state index contributed by atoms with van der Waals surface area (Å²) in [5, 5.41) is 12.3. The van der Waals surface area contributed by atoms with Crippen LogP contribution in [0.3, 0.4) is 0 Å². The van der Waals surface area contributed by atoms with Crippen LogP contribution in [-0.4, -0.2) is 23.7 Å². The van der Waals surface area contributed by atoms with E-state index in [-0.39, 0.29) is 0 Å². The van der Waals surface area contributed by atoms with Crippen molar-refractivity contribution in [3.05, 3.63) is 28.2 Å². The van der Waals surface area contributed by atoms with Crippen molar-refractivity contribution in [3.8, 4) is 5.75 Å². The van der Waals surface area contributed by atoms with Crippen molar-refractivity contribution in [2.24, 2.45) is 5.92 Å². The molecule has 0 amide bonds. The largest absolute Gasteiger partial charge is 0.494 e. The highest BCUT2D eigenvalue weighted by molar-refractivity contribution is 9.10. The van der Waals surface area contributed by atoms with Crippen LogP contribution in [0.4, 0.5) is 0 Å². The molecule has 0 heterocycles. The van der Waals surface area contributed by atoms with Gasteiger partial charge < -0.3 is 15.2 Å². The molecule has 1 atom stereocenters. The Balaban J connectivity index is 2.76. The molecule has 2 N–H and O–H groups in total. The fourth-order valence-corrected chi connectivity index (χ4v) is 2.37. The van der Waals surface area contributed by atoms with Gasteiger partial charge in [-0.3, -0.25) is 4.79 Å². The van der Waals surface area contributed by atoms with Gasteiger partial charge in [0.1, 0.15) is 11.8 Å². The van der Waals surface area contributed by atoms with Gasteiger partial charge in [-0.05, 0) is 37.5 Å². The van der Waals surface area contributed by atoms with Gasteiger partial charge in [-0.25, -0.2) is 0 Å². The summed E-state index contributed by atoms with van der Waals surface area (Å²) in [5.74, 6) is 0.306. The van der Waals surface area contributed by atoms with E-state index in [2.05, 4.69) is 21.2 Å². The third-order valence-corrected chi connectivity index (χ3v) is 3.36. The van der Waals surface area contributed by atoms with Crippen molar-refractivity contribution in [1.82, 2.24) is 5.32 Å². The van der Waals surface area contributed by atoms with Gasteiger partial charge in [-0.1, -0.05) is 29.8 Å². The first-order chi connectivity index (χ1) is 9.43. The molecule has 1 aromatic rings. The molecule has 0 fully saturated rings. The number of ether oxygens (including phenoxy) is 1. The minimum atomic E-state index is -0.813. The van der Waals surface area contributed by atoms with Crippen molar-refractivity contribution < 1.29 is 14.6 Å². The highest BCUT2D eigenvalue weighted by Gasteiger charge is 2.18. The highest BCUT2D eigenvalue weighted by atomic mass is 79.9. The predicted molar refractivity (Wildman–Crippen MR) is 83.0 cm³/mol. The van der Waals surface area contributed by atoms with Gasteiger partial charge in [-0.15, -0.1) is 0 Å². The standard InChI is InChI=1S/C15H22BrNO3/c1-4-20-14-6-5-12(16)8-11(14)9-17-13(15(18)19)7-10(2)3/h5-6,8,10,13,17H,4,7,9H2,1-3H3,(H,18,19). The summed E-state index contributed by atoms with van der Waals surface area (Å²) < 4.78 is 6.51. The van der Waals surface area contributed by atoms with Crippen LogP contribution < -0.4 is 10.1 Å². The van der Waals surface area contributed by atoms with E-state index in [9.17, 15) is 9.90 Å². The molecular weight excluding hydrogens is 322 g/mol. The lowest BCUT2D eigenvalue weighted by Crippen LogP contribution is -2.37. The molecule has 1 aromatic carbocycles. The molecule has 0 aliphatic rings. The molecule has 0 radical (unpaired) electrons. The van der Waals surface area contributed by atoms with Crippen molar-refractivity contribution in [2.75, 3.05) is 6.61 Å². The molecule has 1 unspecified atom stereocenters. The lowest BCUT2D eigenvalue weighted by Gasteiger charge is -2.18. The van der Waals surface area contributed by atoms with Gasteiger partial charge in [0.05, 0.1) is 6.61 Å². The van der Waals surface area contributed by atoms with Crippen LogP contribution in [0.1, 0.15) is 32.8 Å². The van der Waals surface area contributed by atoms with E-state index in [0.29, 0.717) is 25.5 Å². The maximum absolute atomic E-state index is 11.2. The number of carboxylic acids is 1. The second kappa shape index (κ2) is 8.27.